The molecule has 3 N–H and O–H groups in total. The Morgan fingerprint density at radius 2 is 2.12 bits per heavy atom. The number of carboxylic acid groups (broad SMARTS) is 1. The molecule has 92 valence electrons. The van der Waals surface area contributed by atoms with E-state index in [1.165, 1.54) is 4.90 Å². The minimum atomic E-state index is -2.86. The van der Waals surface area contributed by atoms with E-state index < -0.39 is 30.7 Å². The second kappa shape index (κ2) is 4.14. The third-order valence-electron chi connectivity index (χ3n) is 3.40. The van der Waals surface area contributed by atoms with Crippen LogP contribution in [0.4, 0.5) is 13.6 Å². The smallest absolute Gasteiger partial charge is 0.407 e. The second-order valence-corrected chi connectivity index (χ2v) is 4.25. The van der Waals surface area contributed by atoms with E-state index in [4.69, 9.17) is 5.11 Å². The number of alkyl halides is 2. The Balaban J connectivity index is 2.15. The molecule has 0 aromatic carbocycles. The van der Waals surface area contributed by atoms with Gasteiger partial charge in [-0.15, -0.1) is 0 Å². The molecule has 2 rings (SSSR count). The topological polar surface area (TPSA) is 72.8 Å². The van der Waals surface area contributed by atoms with E-state index in [9.17, 15) is 18.7 Å². The van der Waals surface area contributed by atoms with E-state index in [0.717, 1.165) is 0 Å². The molecule has 7 heteroatoms. The molecular weight excluding hydrogens is 222 g/mol. The number of amides is 1. The molecule has 16 heavy (non-hydrogen) atoms. The number of fused-ring (bicyclic) bond motifs is 2. The molecule has 2 fully saturated rings. The van der Waals surface area contributed by atoms with Gasteiger partial charge >= 0.3 is 6.09 Å². The summed E-state index contributed by atoms with van der Waals surface area (Å²) in [6, 6.07) is -1.56. The number of piperazine rings is 1. The van der Waals surface area contributed by atoms with Crippen LogP contribution in [-0.4, -0.2) is 58.4 Å². The lowest BCUT2D eigenvalue weighted by atomic mass is 10.00. The fourth-order valence-electron chi connectivity index (χ4n) is 2.68. The van der Waals surface area contributed by atoms with Crippen LogP contribution < -0.4 is 5.32 Å². The summed E-state index contributed by atoms with van der Waals surface area (Å²) < 4.78 is 24.8. The maximum Gasteiger partial charge on any atom is 0.407 e. The SMILES string of the molecule is O=C(O)N1[C@@H]2CC[C@H]1[C@@H](C(O)C(F)F)NC2. The zero-order valence-electron chi connectivity index (χ0n) is 8.51. The lowest BCUT2D eigenvalue weighted by Crippen LogP contribution is -2.64. The lowest BCUT2D eigenvalue weighted by molar-refractivity contribution is -0.0502. The number of carbonyl (C=O) groups is 1. The predicted octanol–water partition coefficient (Wildman–Crippen LogP) is 0.0952. The molecule has 0 spiro atoms. The highest BCUT2D eigenvalue weighted by atomic mass is 19.3. The van der Waals surface area contributed by atoms with Crippen molar-refractivity contribution in [1.29, 1.82) is 0 Å². The van der Waals surface area contributed by atoms with Gasteiger partial charge in [0.05, 0.1) is 12.1 Å². The fourth-order valence-corrected chi connectivity index (χ4v) is 2.68. The van der Waals surface area contributed by atoms with Crippen molar-refractivity contribution >= 4 is 6.09 Å². The van der Waals surface area contributed by atoms with Crippen molar-refractivity contribution in [3.05, 3.63) is 0 Å². The zero-order valence-corrected chi connectivity index (χ0v) is 8.51. The normalized spacial score (nSPS) is 35.5. The summed E-state index contributed by atoms with van der Waals surface area (Å²) in [5.41, 5.74) is 0. The maximum absolute atomic E-state index is 12.4. The van der Waals surface area contributed by atoms with Crippen LogP contribution in [-0.2, 0) is 0 Å². The Labute approximate surface area is 91.0 Å². The second-order valence-electron chi connectivity index (χ2n) is 4.25. The van der Waals surface area contributed by atoms with Crippen LogP contribution in [0.1, 0.15) is 12.8 Å². The van der Waals surface area contributed by atoms with Crippen molar-refractivity contribution in [2.45, 2.75) is 43.5 Å². The van der Waals surface area contributed by atoms with Crippen molar-refractivity contribution in [3.63, 3.8) is 0 Å². The van der Waals surface area contributed by atoms with Crippen LogP contribution in [0.25, 0.3) is 0 Å². The van der Waals surface area contributed by atoms with Crippen molar-refractivity contribution in [1.82, 2.24) is 10.2 Å². The van der Waals surface area contributed by atoms with Gasteiger partial charge < -0.3 is 15.5 Å². The summed E-state index contributed by atoms with van der Waals surface area (Å²) >= 11 is 0. The molecule has 4 atom stereocenters. The van der Waals surface area contributed by atoms with Crippen LogP contribution in [0.3, 0.4) is 0 Å². The first-order valence-corrected chi connectivity index (χ1v) is 5.23. The van der Waals surface area contributed by atoms with Gasteiger partial charge in [-0.1, -0.05) is 0 Å². The number of rotatable bonds is 2. The number of aliphatic hydroxyl groups excluding tert-OH is 1. The number of hydrogen-bond donors (Lipinski definition) is 3. The maximum atomic E-state index is 12.4. The molecule has 2 bridgehead atoms. The molecule has 0 radical (unpaired) electrons. The van der Waals surface area contributed by atoms with Crippen LogP contribution >= 0.6 is 0 Å². The van der Waals surface area contributed by atoms with Crippen molar-refractivity contribution in [3.8, 4) is 0 Å². The van der Waals surface area contributed by atoms with E-state index in [-0.39, 0.29) is 6.04 Å². The summed E-state index contributed by atoms with van der Waals surface area (Å²) in [7, 11) is 0. The average Bonchev–Trinajstić information content (AvgIpc) is 2.53. The third-order valence-corrected chi connectivity index (χ3v) is 3.40. The van der Waals surface area contributed by atoms with E-state index in [0.29, 0.717) is 19.4 Å². The standard InChI is InChI=1S/C9H14F2N2O3/c10-8(11)7(14)6-5-2-1-4(3-12-6)13(5)9(15)16/h4-8,12,14H,1-3H2,(H,15,16)/t4-,5+,6+,7?/m1/s1. The van der Waals surface area contributed by atoms with Gasteiger partial charge in [-0.2, -0.15) is 0 Å². The minimum Gasteiger partial charge on any atom is -0.465 e. The van der Waals surface area contributed by atoms with E-state index in [2.05, 4.69) is 5.32 Å². The zero-order chi connectivity index (χ0) is 11.9. The molecule has 0 aliphatic carbocycles. The number of hydrogen-bond acceptors (Lipinski definition) is 3. The van der Waals surface area contributed by atoms with E-state index in [1.54, 1.807) is 0 Å². The van der Waals surface area contributed by atoms with E-state index >= 15 is 0 Å². The predicted molar refractivity (Wildman–Crippen MR) is 50.5 cm³/mol. The lowest BCUT2D eigenvalue weighted by Gasteiger charge is -2.40. The highest BCUT2D eigenvalue weighted by Crippen LogP contribution is 2.31. The van der Waals surface area contributed by atoms with Gasteiger partial charge in [0, 0.05) is 12.6 Å². The summed E-state index contributed by atoms with van der Waals surface area (Å²) in [5, 5.41) is 21.1. The van der Waals surface area contributed by atoms with Crippen LogP contribution in [0.15, 0.2) is 0 Å². The third kappa shape index (κ3) is 1.73. The van der Waals surface area contributed by atoms with Crippen molar-refractivity contribution in [2.24, 2.45) is 0 Å². The highest BCUT2D eigenvalue weighted by Gasteiger charge is 2.48. The first-order chi connectivity index (χ1) is 7.52. The molecule has 2 aliphatic rings. The average molecular weight is 236 g/mol. The van der Waals surface area contributed by atoms with Gasteiger partial charge in [0.25, 0.3) is 6.43 Å². The summed E-state index contributed by atoms with van der Waals surface area (Å²) in [6.07, 6.45) is -4.58. The molecule has 1 amide bonds. The molecule has 2 heterocycles. The van der Waals surface area contributed by atoms with Gasteiger partial charge in [-0.3, -0.25) is 4.90 Å². The highest BCUT2D eigenvalue weighted by molar-refractivity contribution is 5.67. The summed E-state index contributed by atoms with van der Waals surface area (Å²) in [4.78, 5) is 12.2. The van der Waals surface area contributed by atoms with Crippen LogP contribution in [0, 0.1) is 0 Å². The van der Waals surface area contributed by atoms with Crippen molar-refractivity contribution < 1.29 is 23.8 Å². The number of nitrogens with one attached hydrogen (secondary N) is 1. The Morgan fingerprint density at radius 1 is 1.44 bits per heavy atom. The van der Waals surface area contributed by atoms with Gasteiger partial charge in [0.15, 0.2) is 0 Å². The Hall–Kier alpha value is -0.950. The molecule has 2 aliphatic heterocycles. The van der Waals surface area contributed by atoms with Gasteiger partial charge in [-0.05, 0) is 12.8 Å². The Bertz CT molecular complexity index is 290. The summed E-state index contributed by atoms with van der Waals surface area (Å²) in [5.74, 6) is 0. The van der Waals surface area contributed by atoms with Gasteiger partial charge in [-0.25, -0.2) is 13.6 Å². The molecule has 2 saturated heterocycles. The Kier molecular flexibility index (Phi) is 2.98. The number of aliphatic hydroxyl groups is 1. The monoisotopic (exact) mass is 236 g/mol. The Morgan fingerprint density at radius 3 is 2.69 bits per heavy atom. The van der Waals surface area contributed by atoms with Crippen molar-refractivity contribution in [2.75, 3.05) is 6.54 Å². The number of halogens is 2. The number of nitrogens with zero attached hydrogens (tertiary/aromatic N) is 1. The van der Waals surface area contributed by atoms with Gasteiger partial charge in [0.1, 0.15) is 6.10 Å². The first kappa shape index (κ1) is 11.5. The molecular formula is C9H14F2N2O3. The minimum absolute atomic E-state index is 0.149. The van der Waals surface area contributed by atoms with Crippen LogP contribution in [0.2, 0.25) is 0 Å². The van der Waals surface area contributed by atoms with Crippen LogP contribution in [0.5, 0.6) is 0 Å². The van der Waals surface area contributed by atoms with E-state index in [1.807, 2.05) is 0 Å². The molecule has 5 nitrogen and oxygen atoms in total. The molecule has 0 aromatic heterocycles. The molecule has 0 aromatic rings. The molecule has 0 saturated carbocycles. The quantitative estimate of drug-likeness (QED) is 0.635. The fraction of sp³-hybridized carbons (Fsp3) is 0.889. The van der Waals surface area contributed by atoms with Gasteiger partial charge in [0.2, 0.25) is 0 Å². The largest absolute Gasteiger partial charge is 0.465 e. The molecule has 1 unspecified atom stereocenters. The summed E-state index contributed by atoms with van der Waals surface area (Å²) in [6.45, 7) is 0.331. The first-order valence-electron chi connectivity index (χ1n) is 5.23.